The van der Waals surface area contributed by atoms with Crippen LogP contribution in [0.25, 0.3) is 10.9 Å². The lowest BCUT2D eigenvalue weighted by Crippen LogP contribution is -2.27. The van der Waals surface area contributed by atoms with E-state index in [1.807, 2.05) is 42.5 Å². The number of hydrogen-bond acceptors (Lipinski definition) is 5. The SMILES string of the molecule is COc1ccc(CCNC(=O)CSCc2nc3ccccc3c(=O)[nH]2)cc1. The van der Waals surface area contributed by atoms with E-state index in [1.54, 1.807) is 13.2 Å². The molecule has 0 bridgehead atoms. The molecule has 0 saturated carbocycles. The number of carbonyl (C=O) groups excluding carboxylic acids is 1. The zero-order valence-corrected chi connectivity index (χ0v) is 15.8. The topological polar surface area (TPSA) is 84.1 Å². The van der Waals surface area contributed by atoms with Gasteiger partial charge < -0.3 is 15.0 Å². The van der Waals surface area contributed by atoms with E-state index in [-0.39, 0.29) is 11.5 Å². The average molecular weight is 383 g/mol. The number of aromatic amines is 1. The monoisotopic (exact) mass is 383 g/mol. The summed E-state index contributed by atoms with van der Waals surface area (Å²) in [7, 11) is 1.63. The number of rotatable bonds is 8. The van der Waals surface area contributed by atoms with Gasteiger partial charge in [0.2, 0.25) is 5.91 Å². The molecule has 140 valence electrons. The van der Waals surface area contributed by atoms with Crippen molar-refractivity contribution >= 4 is 28.6 Å². The molecule has 2 aromatic carbocycles. The highest BCUT2D eigenvalue weighted by atomic mass is 32.2. The second-order valence-electron chi connectivity index (χ2n) is 5.97. The van der Waals surface area contributed by atoms with Crippen LogP contribution in [0.2, 0.25) is 0 Å². The van der Waals surface area contributed by atoms with Crippen LogP contribution in [0.15, 0.2) is 53.3 Å². The van der Waals surface area contributed by atoms with E-state index in [0.717, 1.165) is 17.7 Å². The van der Waals surface area contributed by atoms with Gasteiger partial charge in [0, 0.05) is 6.54 Å². The van der Waals surface area contributed by atoms with E-state index in [1.165, 1.54) is 11.8 Å². The largest absolute Gasteiger partial charge is 0.497 e. The fourth-order valence-corrected chi connectivity index (χ4v) is 3.35. The number of fused-ring (bicyclic) bond motifs is 1. The lowest BCUT2D eigenvalue weighted by atomic mass is 10.1. The summed E-state index contributed by atoms with van der Waals surface area (Å²) in [4.78, 5) is 31.2. The Morgan fingerprint density at radius 2 is 1.96 bits per heavy atom. The summed E-state index contributed by atoms with van der Waals surface area (Å²) in [6.45, 7) is 0.580. The van der Waals surface area contributed by atoms with Gasteiger partial charge in [-0.15, -0.1) is 11.8 Å². The Balaban J connectivity index is 1.42. The number of carbonyl (C=O) groups is 1. The molecule has 3 aromatic rings. The predicted molar refractivity (Wildman–Crippen MR) is 108 cm³/mol. The number of amides is 1. The molecule has 6 nitrogen and oxygen atoms in total. The van der Waals surface area contributed by atoms with Crippen LogP contribution in [0.1, 0.15) is 11.4 Å². The molecule has 0 saturated heterocycles. The van der Waals surface area contributed by atoms with Gasteiger partial charge in [-0.2, -0.15) is 0 Å². The van der Waals surface area contributed by atoms with Gasteiger partial charge in [-0.1, -0.05) is 24.3 Å². The van der Waals surface area contributed by atoms with Gasteiger partial charge in [0.15, 0.2) is 0 Å². The first-order chi connectivity index (χ1) is 13.2. The van der Waals surface area contributed by atoms with Crippen molar-refractivity contribution in [3.05, 3.63) is 70.3 Å². The standard InChI is InChI=1S/C20H21N3O3S/c1-26-15-8-6-14(7-9-15)10-11-21-19(24)13-27-12-18-22-17-5-3-2-4-16(17)20(25)23-18/h2-9H,10-13H2,1H3,(H,21,24)(H,22,23,25). The van der Waals surface area contributed by atoms with E-state index in [0.29, 0.717) is 34.8 Å². The summed E-state index contributed by atoms with van der Waals surface area (Å²) >= 11 is 1.42. The number of methoxy groups -OCH3 is 1. The number of nitrogens with one attached hydrogen (secondary N) is 2. The lowest BCUT2D eigenvalue weighted by molar-refractivity contribution is -0.118. The van der Waals surface area contributed by atoms with E-state index < -0.39 is 0 Å². The predicted octanol–water partition coefficient (Wildman–Crippen LogP) is 2.52. The number of thioether (sulfide) groups is 1. The van der Waals surface area contributed by atoms with Crippen LogP contribution in [0, 0.1) is 0 Å². The second kappa shape index (κ2) is 9.23. The highest BCUT2D eigenvalue weighted by Crippen LogP contribution is 2.12. The van der Waals surface area contributed by atoms with E-state index in [9.17, 15) is 9.59 Å². The molecule has 0 atom stereocenters. The van der Waals surface area contributed by atoms with Crippen molar-refractivity contribution in [1.82, 2.24) is 15.3 Å². The van der Waals surface area contributed by atoms with Crippen molar-refractivity contribution in [2.24, 2.45) is 0 Å². The molecule has 0 spiro atoms. The molecule has 0 radical (unpaired) electrons. The summed E-state index contributed by atoms with van der Waals surface area (Å²) in [5, 5.41) is 3.48. The van der Waals surface area contributed by atoms with Gasteiger partial charge >= 0.3 is 0 Å². The zero-order valence-electron chi connectivity index (χ0n) is 15.0. The van der Waals surface area contributed by atoms with Crippen LogP contribution in [0.3, 0.4) is 0 Å². The van der Waals surface area contributed by atoms with Gasteiger partial charge in [0.1, 0.15) is 11.6 Å². The van der Waals surface area contributed by atoms with E-state index in [4.69, 9.17) is 4.74 Å². The highest BCUT2D eigenvalue weighted by Gasteiger charge is 2.06. The highest BCUT2D eigenvalue weighted by molar-refractivity contribution is 7.99. The van der Waals surface area contributed by atoms with Crippen molar-refractivity contribution in [2.45, 2.75) is 12.2 Å². The maximum absolute atomic E-state index is 12.0. The van der Waals surface area contributed by atoms with Crippen molar-refractivity contribution in [3.63, 3.8) is 0 Å². The quantitative estimate of drug-likeness (QED) is 0.624. The molecule has 1 aromatic heterocycles. The van der Waals surface area contributed by atoms with E-state index >= 15 is 0 Å². The van der Waals surface area contributed by atoms with Crippen LogP contribution in [0.4, 0.5) is 0 Å². The number of para-hydroxylation sites is 1. The molecule has 0 unspecified atom stereocenters. The van der Waals surface area contributed by atoms with Gasteiger partial charge in [0.25, 0.3) is 5.56 Å². The maximum atomic E-state index is 12.0. The molecule has 3 rings (SSSR count). The van der Waals surface area contributed by atoms with Gasteiger partial charge in [-0.25, -0.2) is 4.98 Å². The fraction of sp³-hybridized carbons (Fsp3) is 0.250. The average Bonchev–Trinajstić information content (AvgIpc) is 2.68. The molecule has 2 N–H and O–H groups in total. The van der Waals surface area contributed by atoms with Crippen molar-refractivity contribution < 1.29 is 9.53 Å². The van der Waals surface area contributed by atoms with Crippen molar-refractivity contribution in [2.75, 3.05) is 19.4 Å². The maximum Gasteiger partial charge on any atom is 0.258 e. The van der Waals surface area contributed by atoms with Gasteiger partial charge in [-0.05, 0) is 36.2 Å². The lowest BCUT2D eigenvalue weighted by Gasteiger charge is -2.06. The van der Waals surface area contributed by atoms with Crippen LogP contribution in [-0.2, 0) is 17.0 Å². The minimum Gasteiger partial charge on any atom is -0.497 e. The molecule has 7 heteroatoms. The number of nitrogens with zero attached hydrogens (tertiary/aromatic N) is 1. The van der Waals surface area contributed by atoms with Crippen LogP contribution in [0.5, 0.6) is 5.75 Å². The molecule has 27 heavy (non-hydrogen) atoms. The zero-order chi connectivity index (χ0) is 19.1. The first kappa shape index (κ1) is 19.0. The third kappa shape index (κ3) is 5.34. The summed E-state index contributed by atoms with van der Waals surface area (Å²) in [6, 6.07) is 15.0. The molecule has 0 aliphatic rings. The summed E-state index contributed by atoms with van der Waals surface area (Å²) in [5.41, 5.74) is 1.66. The van der Waals surface area contributed by atoms with Crippen LogP contribution >= 0.6 is 11.8 Å². The summed E-state index contributed by atoms with van der Waals surface area (Å²) in [6.07, 6.45) is 0.764. The van der Waals surface area contributed by atoms with Crippen LogP contribution in [-0.4, -0.2) is 35.3 Å². The summed E-state index contributed by atoms with van der Waals surface area (Å²) in [5.74, 6) is 2.16. The minimum absolute atomic E-state index is 0.0309. The smallest absolute Gasteiger partial charge is 0.258 e. The number of benzene rings is 2. The van der Waals surface area contributed by atoms with Crippen molar-refractivity contribution in [1.29, 1.82) is 0 Å². The molecule has 0 aliphatic heterocycles. The molecule has 1 heterocycles. The molecular weight excluding hydrogens is 362 g/mol. The first-order valence-corrected chi connectivity index (χ1v) is 9.76. The third-order valence-electron chi connectivity index (χ3n) is 4.03. The Labute approximate surface area is 161 Å². The van der Waals surface area contributed by atoms with E-state index in [2.05, 4.69) is 15.3 Å². The number of aromatic nitrogens is 2. The fourth-order valence-electron chi connectivity index (χ4n) is 2.63. The third-order valence-corrected chi connectivity index (χ3v) is 4.97. The minimum atomic E-state index is -0.153. The van der Waals surface area contributed by atoms with Gasteiger partial charge in [-0.3, -0.25) is 9.59 Å². The Morgan fingerprint density at radius 3 is 2.74 bits per heavy atom. The normalized spacial score (nSPS) is 10.7. The second-order valence-corrected chi connectivity index (χ2v) is 6.96. The Hall–Kier alpha value is -2.80. The number of hydrogen-bond donors (Lipinski definition) is 2. The van der Waals surface area contributed by atoms with Crippen LogP contribution < -0.4 is 15.6 Å². The van der Waals surface area contributed by atoms with Crippen molar-refractivity contribution in [3.8, 4) is 5.75 Å². The summed E-state index contributed by atoms with van der Waals surface area (Å²) < 4.78 is 5.12. The number of H-pyrrole nitrogens is 1. The first-order valence-electron chi connectivity index (χ1n) is 8.61. The molecule has 0 fully saturated rings. The Morgan fingerprint density at radius 1 is 1.19 bits per heavy atom. The Bertz CT molecular complexity index is 970. The Kier molecular flexibility index (Phi) is 6.49. The number of ether oxygens (including phenoxy) is 1. The van der Waals surface area contributed by atoms with Gasteiger partial charge in [0.05, 0.1) is 29.5 Å². The molecule has 0 aliphatic carbocycles. The molecule has 1 amide bonds. The molecular formula is C20H21N3O3S.